The number of rotatable bonds is 2. The van der Waals surface area contributed by atoms with Crippen molar-refractivity contribution < 1.29 is 9.90 Å². The van der Waals surface area contributed by atoms with Gasteiger partial charge in [-0.2, -0.15) is 0 Å². The van der Waals surface area contributed by atoms with E-state index in [-0.39, 0.29) is 17.4 Å². The number of Topliss-reactive ketones (excluding diaryl/α,β-unsaturated/α-hetero) is 1. The molecule has 2 heterocycles. The number of benzene rings is 1. The SMILES string of the molecule is Nc1nnc(-c2ccccc2O)cc1N1CC(=O)C1. The Balaban J connectivity index is 2.02. The van der Waals surface area contributed by atoms with Gasteiger partial charge in [-0.1, -0.05) is 12.1 Å². The smallest absolute Gasteiger partial charge is 0.171 e. The molecule has 1 aliphatic heterocycles. The second-order valence-electron chi connectivity index (χ2n) is 4.41. The first kappa shape index (κ1) is 11.5. The van der Waals surface area contributed by atoms with E-state index in [1.54, 1.807) is 30.3 Å². The fourth-order valence-electron chi connectivity index (χ4n) is 2.02. The number of hydrogen-bond acceptors (Lipinski definition) is 6. The number of ketones is 1. The highest BCUT2D eigenvalue weighted by Crippen LogP contribution is 2.32. The second-order valence-corrected chi connectivity index (χ2v) is 4.41. The van der Waals surface area contributed by atoms with Crippen LogP contribution < -0.4 is 10.6 Å². The fourth-order valence-corrected chi connectivity index (χ4v) is 2.02. The van der Waals surface area contributed by atoms with E-state index in [9.17, 15) is 9.90 Å². The van der Waals surface area contributed by atoms with Crippen LogP contribution >= 0.6 is 0 Å². The van der Waals surface area contributed by atoms with E-state index in [0.29, 0.717) is 30.0 Å². The second kappa shape index (κ2) is 4.24. The number of aromatic hydroxyl groups is 1. The first-order valence-corrected chi connectivity index (χ1v) is 5.83. The average Bonchev–Trinajstić information content (AvgIpc) is 2.37. The third-order valence-electron chi connectivity index (χ3n) is 3.06. The van der Waals surface area contributed by atoms with Gasteiger partial charge >= 0.3 is 0 Å². The Morgan fingerprint density at radius 3 is 2.63 bits per heavy atom. The molecule has 1 aromatic carbocycles. The summed E-state index contributed by atoms with van der Waals surface area (Å²) in [4.78, 5) is 12.9. The number of carbonyl (C=O) groups is 1. The zero-order chi connectivity index (χ0) is 13.4. The molecule has 0 amide bonds. The van der Waals surface area contributed by atoms with Gasteiger partial charge < -0.3 is 15.7 Å². The predicted molar refractivity (Wildman–Crippen MR) is 70.8 cm³/mol. The number of carbonyl (C=O) groups excluding carboxylic acids is 1. The van der Waals surface area contributed by atoms with Crippen molar-refractivity contribution in [2.24, 2.45) is 0 Å². The number of aromatic nitrogens is 2. The summed E-state index contributed by atoms with van der Waals surface area (Å²) in [5.41, 5.74) is 7.56. The van der Waals surface area contributed by atoms with Crippen LogP contribution in [0.15, 0.2) is 30.3 Å². The maximum atomic E-state index is 11.0. The van der Waals surface area contributed by atoms with Crippen molar-refractivity contribution >= 4 is 17.3 Å². The van der Waals surface area contributed by atoms with E-state index in [2.05, 4.69) is 10.2 Å². The number of hydrogen-bond donors (Lipinski definition) is 2. The molecule has 3 N–H and O–H groups in total. The largest absolute Gasteiger partial charge is 0.507 e. The first-order chi connectivity index (χ1) is 9.15. The van der Waals surface area contributed by atoms with Crippen LogP contribution in [0, 0.1) is 0 Å². The molecule has 0 radical (unpaired) electrons. The lowest BCUT2D eigenvalue weighted by Gasteiger charge is -2.31. The lowest BCUT2D eigenvalue weighted by molar-refractivity contribution is -0.119. The molecule has 1 saturated heterocycles. The monoisotopic (exact) mass is 256 g/mol. The Kier molecular flexibility index (Phi) is 2.56. The molecular weight excluding hydrogens is 244 g/mol. The van der Waals surface area contributed by atoms with E-state index in [1.807, 2.05) is 4.90 Å². The van der Waals surface area contributed by atoms with E-state index in [0.717, 1.165) is 0 Å². The standard InChI is InChI=1S/C13H12N4O2/c14-13-11(17-6-8(18)7-17)5-10(15-16-13)9-3-1-2-4-12(9)19/h1-5,19H,6-7H2,(H2,14,16). The highest BCUT2D eigenvalue weighted by molar-refractivity contribution is 5.96. The summed E-state index contributed by atoms with van der Waals surface area (Å²) in [6.07, 6.45) is 0. The van der Waals surface area contributed by atoms with E-state index in [1.165, 1.54) is 0 Å². The first-order valence-electron chi connectivity index (χ1n) is 5.83. The van der Waals surface area contributed by atoms with Crippen molar-refractivity contribution in [1.29, 1.82) is 0 Å². The Hall–Kier alpha value is -2.63. The van der Waals surface area contributed by atoms with Crippen LogP contribution in [-0.4, -0.2) is 34.2 Å². The van der Waals surface area contributed by atoms with Crippen molar-refractivity contribution in [3.63, 3.8) is 0 Å². The Morgan fingerprint density at radius 1 is 1.21 bits per heavy atom. The molecular formula is C13H12N4O2. The molecule has 1 aromatic heterocycles. The molecule has 0 bridgehead atoms. The molecule has 0 spiro atoms. The van der Waals surface area contributed by atoms with Crippen LogP contribution in [0.5, 0.6) is 5.75 Å². The third kappa shape index (κ3) is 1.97. The van der Waals surface area contributed by atoms with Crippen LogP contribution in [0.3, 0.4) is 0 Å². The minimum absolute atomic E-state index is 0.132. The molecule has 96 valence electrons. The van der Waals surface area contributed by atoms with Gasteiger partial charge in [-0.3, -0.25) is 4.79 Å². The predicted octanol–water partition coefficient (Wildman–Crippen LogP) is 0.820. The summed E-state index contributed by atoms with van der Waals surface area (Å²) >= 11 is 0. The molecule has 1 aliphatic rings. The quantitative estimate of drug-likeness (QED) is 0.826. The zero-order valence-electron chi connectivity index (χ0n) is 10.1. The molecule has 6 nitrogen and oxygen atoms in total. The van der Waals surface area contributed by atoms with Crippen molar-refractivity contribution in [2.45, 2.75) is 0 Å². The fraction of sp³-hybridized carbons (Fsp3) is 0.154. The van der Waals surface area contributed by atoms with Crippen molar-refractivity contribution in [2.75, 3.05) is 23.7 Å². The van der Waals surface area contributed by atoms with Gasteiger partial charge in [0.05, 0.1) is 24.5 Å². The highest BCUT2D eigenvalue weighted by atomic mass is 16.3. The normalized spacial score (nSPS) is 14.3. The summed E-state index contributed by atoms with van der Waals surface area (Å²) in [5.74, 6) is 0.583. The van der Waals surface area contributed by atoms with E-state index >= 15 is 0 Å². The van der Waals surface area contributed by atoms with E-state index < -0.39 is 0 Å². The van der Waals surface area contributed by atoms with Crippen molar-refractivity contribution in [3.05, 3.63) is 30.3 Å². The summed E-state index contributed by atoms with van der Waals surface area (Å²) in [6, 6.07) is 8.61. The summed E-state index contributed by atoms with van der Waals surface area (Å²) in [6.45, 7) is 0.687. The molecule has 2 aromatic rings. The van der Waals surface area contributed by atoms with E-state index in [4.69, 9.17) is 5.73 Å². The number of para-hydroxylation sites is 1. The lowest BCUT2D eigenvalue weighted by Crippen LogP contribution is -2.47. The minimum Gasteiger partial charge on any atom is -0.507 e. The van der Waals surface area contributed by atoms with Gasteiger partial charge in [0.25, 0.3) is 0 Å². The molecule has 19 heavy (non-hydrogen) atoms. The number of nitrogens with zero attached hydrogens (tertiary/aromatic N) is 3. The molecule has 0 unspecified atom stereocenters. The number of anilines is 2. The van der Waals surface area contributed by atoms with Gasteiger partial charge in [0, 0.05) is 5.56 Å². The van der Waals surface area contributed by atoms with Crippen molar-refractivity contribution in [3.8, 4) is 17.0 Å². The van der Waals surface area contributed by atoms with Crippen LogP contribution in [0.2, 0.25) is 0 Å². The molecule has 3 rings (SSSR count). The topological polar surface area (TPSA) is 92.3 Å². The van der Waals surface area contributed by atoms with Crippen LogP contribution in [0.1, 0.15) is 0 Å². The molecule has 0 aliphatic carbocycles. The van der Waals surface area contributed by atoms with Gasteiger partial charge in [-0.05, 0) is 18.2 Å². The average molecular weight is 256 g/mol. The summed E-state index contributed by atoms with van der Waals surface area (Å²) in [5, 5.41) is 17.7. The number of nitrogen functional groups attached to an aromatic ring is 1. The van der Waals surface area contributed by atoms with Gasteiger partial charge in [0.15, 0.2) is 11.6 Å². The zero-order valence-corrected chi connectivity index (χ0v) is 10.1. The lowest BCUT2D eigenvalue weighted by atomic mass is 10.1. The van der Waals surface area contributed by atoms with Gasteiger partial charge in [-0.25, -0.2) is 0 Å². The summed E-state index contributed by atoms with van der Waals surface area (Å²) in [7, 11) is 0. The van der Waals surface area contributed by atoms with Gasteiger partial charge in [0.1, 0.15) is 5.75 Å². The summed E-state index contributed by atoms with van der Waals surface area (Å²) < 4.78 is 0. The Morgan fingerprint density at radius 2 is 1.95 bits per heavy atom. The molecule has 0 atom stereocenters. The number of nitrogens with two attached hydrogens (primary N) is 1. The molecule has 1 fully saturated rings. The highest BCUT2D eigenvalue weighted by Gasteiger charge is 2.26. The number of phenols is 1. The minimum atomic E-state index is 0.132. The van der Waals surface area contributed by atoms with Crippen LogP contribution in [0.4, 0.5) is 11.5 Å². The maximum Gasteiger partial charge on any atom is 0.171 e. The van der Waals surface area contributed by atoms with Gasteiger partial charge in [-0.15, -0.1) is 10.2 Å². The van der Waals surface area contributed by atoms with Crippen molar-refractivity contribution in [1.82, 2.24) is 10.2 Å². The molecule has 6 heteroatoms. The Bertz CT molecular complexity index is 649. The van der Waals surface area contributed by atoms with Gasteiger partial charge in [0.2, 0.25) is 0 Å². The maximum absolute atomic E-state index is 11.0. The molecule has 0 saturated carbocycles. The van der Waals surface area contributed by atoms with Crippen LogP contribution in [-0.2, 0) is 4.79 Å². The number of phenolic OH excluding ortho intramolecular Hbond substituents is 1. The Labute approximate surface area is 109 Å². The van der Waals surface area contributed by atoms with Crippen LogP contribution in [0.25, 0.3) is 11.3 Å². The third-order valence-corrected chi connectivity index (χ3v) is 3.06.